The highest BCUT2D eigenvalue weighted by molar-refractivity contribution is 5.86. The highest BCUT2D eigenvalue weighted by atomic mass is 16.5. The number of rotatable bonds is 42. The number of nitrogens with one attached hydrogen (secondary N) is 4. The van der Waals surface area contributed by atoms with E-state index in [1.165, 1.54) is 64.2 Å². The zero-order valence-corrected chi connectivity index (χ0v) is 35.3. The van der Waals surface area contributed by atoms with Crippen molar-refractivity contribution in [3.8, 4) is 0 Å². The fourth-order valence-electron chi connectivity index (χ4n) is 5.64. The fourth-order valence-corrected chi connectivity index (χ4v) is 5.64. The Labute approximate surface area is 345 Å². The number of carbonyl (C=O) groups excluding carboxylic acids is 5. The van der Waals surface area contributed by atoms with E-state index < -0.39 is 41.7 Å². The van der Waals surface area contributed by atoms with Crippen LogP contribution in [0.25, 0.3) is 0 Å². The molecule has 2 atom stereocenters. The van der Waals surface area contributed by atoms with Crippen LogP contribution < -0.4 is 21.3 Å². The monoisotopic (exact) mass is 831 g/mol. The van der Waals surface area contributed by atoms with Gasteiger partial charge in [-0.25, -0.2) is 9.59 Å². The summed E-state index contributed by atoms with van der Waals surface area (Å²) in [6, 6.07) is -2.65. The van der Waals surface area contributed by atoms with E-state index in [1.54, 1.807) is 6.92 Å². The van der Waals surface area contributed by atoms with E-state index in [9.17, 15) is 43.8 Å². The molecule has 0 radical (unpaired) electrons. The van der Waals surface area contributed by atoms with Crippen LogP contribution in [-0.4, -0.2) is 130 Å². The summed E-state index contributed by atoms with van der Waals surface area (Å²) in [5, 5.41) is 29.1. The summed E-state index contributed by atoms with van der Waals surface area (Å²) in [6.07, 6.45) is 16.3. The van der Waals surface area contributed by atoms with E-state index in [0.717, 1.165) is 19.3 Å². The van der Waals surface area contributed by atoms with Crippen molar-refractivity contribution in [1.82, 2.24) is 21.3 Å². The number of carboxylic acids is 2. The van der Waals surface area contributed by atoms with Gasteiger partial charge in [0.15, 0.2) is 5.78 Å². The zero-order chi connectivity index (χ0) is 43.1. The van der Waals surface area contributed by atoms with E-state index in [0.29, 0.717) is 32.6 Å². The summed E-state index contributed by atoms with van der Waals surface area (Å²) in [6.45, 7) is 5.68. The first-order valence-corrected chi connectivity index (χ1v) is 21.4. The number of amides is 4. The number of hydrogen-bond donors (Lipinski definition) is 6. The van der Waals surface area contributed by atoms with E-state index in [-0.39, 0.29) is 90.0 Å². The second-order valence-electron chi connectivity index (χ2n) is 14.3. The molecule has 0 saturated carbocycles. The lowest BCUT2D eigenvalue weighted by atomic mass is 10.0. The molecule has 0 aliphatic carbocycles. The minimum Gasteiger partial charge on any atom is -0.480 e. The molecule has 6 N–H and O–H groups in total. The first-order chi connectivity index (χ1) is 28.0. The molecule has 0 aromatic heterocycles. The smallest absolute Gasteiger partial charge is 0.326 e. The molecule has 0 aromatic rings. The fraction of sp³-hybridized carbons (Fsp3) is 0.829. The molecule has 0 aromatic carbocycles. The third kappa shape index (κ3) is 35.5. The molecule has 0 saturated heterocycles. The van der Waals surface area contributed by atoms with Crippen LogP contribution >= 0.6 is 0 Å². The first-order valence-electron chi connectivity index (χ1n) is 21.4. The summed E-state index contributed by atoms with van der Waals surface area (Å²) >= 11 is 0. The Kier molecular flexibility index (Phi) is 36.4. The molecule has 58 heavy (non-hydrogen) atoms. The standard InChI is InChI=1S/C41H74N4O13/c1-3-5-6-7-8-9-10-11-12-13-14-15-16-17-18-37(48)44-35(41(53)54)20-22-38(49)45-34(40(51)52)19-21-36(47)42-23-25-55-28-30-58-32-39(50)43-24-26-56-27-29-57-31-33(46)4-2/h34-35H,3-32H2,1-2H3,(H,42,47)(H,43,50)(H,44,48)(H,45,49)(H,51,52)(H,53,54)/t34-,35-/m0/s1. The number of Topliss-reactive ketones (excluding diaryl/α,β-unsaturated/α-hetero) is 1. The average molecular weight is 831 g/mol. The van der Waals surface area contributed by atoms with Crippen LogP contribution in [0.4, 0.5) is 0 Å². The van der Waals surface area contributed by atoms with Gasteiger partial charge in [-0.3, -0.25) is 24.0 Å². The van der Waals surface area contributed by atoms with Crippen molar-refractivity contribution in [3.05, 3.63) is 0 Å². The molecular formula is C41H74N4O13. The molecule has 0 unspecified atom stereocenters. The second kappa shape index (κ2) is 38.8. The third-order valence-electron chi connectivity index (χ3n) is 9.12. The van der Waals surface area contributed by atoms with Gasteiger partial charge >= 0.3 is 11.9 Å². The minimum atomic E-state index is -1.36. The van der Waals surface area contributed by atoms with Gasteiger partial charge in [-0.05, 0) is 19.3 Å². The highest BCUT2D eigenvalue weighted by Crippen LogP contribution is 2.13. The molecule has 17 nitrogen and oxygen atoms in total. The van der Waals surface area contributed by atoms with E-state index >= 15 is 0 Å². The summed E-state index contributed by atoms with van der Waals surface area (Å²) < 4.78 is 21.0. The van der Waals surface area contributed by atoms with Crippen LogP contribution in [0.1, 0.15) is 142 Å². The van der Waals surface area contributed by atoms with Gasteiger partial charge in [0.05, 0.1) is 39.6 Å². The Morgan fingerprint density at radius 1 is 0.448 bits per heavy atom. The van der Waals surface area contributed by atoms with Crippen LogP contribution in [-0.2, 0) is 52.5 Å². The van der Waals surface area contributed by atoms with Gasteiger partial charge in [0.25, 0.3) is 0 Å². The SMILES string of the molecule is CCCCCCCCCCCCCCCCC(=O)N[C@@H](CCC(=O)N[C@@H](CCC(=O)NCCOCCOCC(=O)NCCOCCOCC(=O)CC)C(=O)O)C(=O)O. The van der Waals surface area contributed by atoms with Crippen molar-refractivity contribution in [1.29, 1.82) is 0 Å². The minimum absolute atomic E-state index is 0.0202. The molecule has 0 heterocycles. The van der Waals surface area contributed by atoms with Gasteiger partial charge in [-0.2, -0.15) is 0 Å². The second-order valence-corrected chi connectivity index (χ2v) is 14.3. The van der Waals surface area contributed by atoms with E-state index in [4.69, 9.17) is 18.9 Å². The van der Waals surface area contributed by atoms with Gasteiger partial charge in [-0.15, -0.1) is 0 Å². The molecule has 0 fully saturated rings. The predicted molar refractivity (Wildman–Crippen MR) is 217 cm³/mol. The lowest BCUT2D eigenvalue weighted by Gasteiger charge is -2.17. The molecular weight excluding hydrogens is 756 g/mol. The number of unbranched alkanes of at least 4 members (excludes halogenated alkanes) is 13. The van der Waals surface area contributed by atoms with Gasteiger partial charge < -0.3 is 50.4 Å². The molecule has 0 aliphatic rings. The van der Waals surface area contributed by atoms with Crippen LogP contribution in [0.2, 0.25) is 0 Å². The van der Waals surface area contributed by atoms with Crippen LogP contribution in [0.3, 0.4) is 0 Å². The van der Waals surface area contributed by atoms with Gasteiger partial charge in [-0.1, -0.05) is 97.3 Å². The maximum Gasteiger partial charge on any atom is 0.326 e. The Morgan fingerprint density at radius 3 is 1.31 bits per heavy atom. The maximum atomic E-state index is 12.5. The topological polar surface area (TPSA) is 245 Å². The van der Waals surface area contributed by atoms with Crippen molar-refractivity contribution in [2.45, 2.75) is 154 Å². The van der Waals surface area contributed by atoms with Crippen LogP contribution in [0.5, 0.6) is 0 Å². The number of ketones is 1. The molecule has 0 spiro atoms. The van der Waals surface area contributed by atoms with Gasteiger partial charge in [0.1, 0.15) is 25.3 Å². The Bertz CT molecular complexity index is 1140. The summed E-state index contributed by atoms with van der Waals surface area (Å²) in [5.74, 6) is -4.49. The van der Waals surface area contributed by atoms with Crippen molar-refractivity contribution in [3.63, 3.8) is 0 Å². The lowest BCUT2D eigenvalue weighted by molar-refractivity contribution is -0.143. The van der Waals surface area contributed by atoms with Crippen molar-refractivity contribution >= 4 is 41.4 Å². The van der Waals surface area contributed by atoms with Crippen LogP contribution in [0.15, 0.2) is 0 Å². The van der Waals surface area contributed by atoms with Crippen LogP contribution in [0, 0.1) is 0 Å². The maximum absolute atomic E-state index is 12.5. The number of aliphatic carboxylic acids is 2. The molecule has 17 heteroatoms. The van der Waals surface area contributed by atoms with E-state index in [2.05, 4.69) is 28.2 Å². The number of carboxylic acid groups (broad SMARTS) is 2. The number of hydrogen-bond acceptors (Lipinski definition) is 11. The summed E-state index contributed by atoms with van der Waals surface area (Å²) in [4.78, 5) is 83.4. The molecule has 0 rings (SSSR count). The van der Waals surface area contributed by atoms with Gasteiger partial charge in [0.2, 0.25) is 23.6 Å². The Balaban J connectivity index is 4.00. The Morgan fingerprint density at radius 2 is 0.845 bits per heavy atom. The quantitative estimate of drug-likeness (QED) is 0.0480. The largest absolute Gasteiger partial charge is 0.480 e. The summed E-state index contributed by atoms with van der Waals surface area (Å²) in [5.41, 5.74) is 0. The first kappa shape index (κ1) is 54.3. The summed E-state index contributed by atoms with van der Waals surface area (Å²) in [7, 11) is 0. The number of carbonyl (C=O) groups is 7. The zero-order valence-electron chi connectivity index (χ0n) is 35.3. The molecule has 4 amide bonds. The van der Waals surface area contributed by atoms with Crippen molar-refractivity contribution < 1.29 is 62.7 Å². The number of ether oxygens (including phenoxy) is 4. The highest BCUT2D eigenvalue weighted by Gasteiger charge is 2.24. The van der Waals surface area contributed by atoms with Gasteiger partial charge in [0, 0.05) is 38.8 Å². The Hall–Kier alpha value is -3.67. The molecule has 0 bridgehead atoms. The lowest BCUT2D eigenvalue weighted by Crippen LogP contribution is -2.44. The van der Waals surface area contributed by atoms with Crippen molar-refractivity contribution in [2.24, 2.45) is 0 Å². The predicted octanol–water partition coefficient (Wildman–Crippen LogP) is 3.83. The van der Waals surface area contributed by atoms with Crippen molar-refractivity contribution in [2.75, 3.05) is 65.9 Å². The average Bonchev–Trinajstić information content (AvgIpc) is 3.19. The third-order valence-corrected chi connectivity index (χ3v) is 9.12. The molecule has 336 valence electrons. The molecule has 0 aliphatic heterocycles. The van der Waals surface area contributed by atoms with E-state index in [1.807, 2.05) is 0 Å². The normalized spacial score (nSPS) is 12.0.